The number of allylic oxidation sites excluding steroid dienone is 2. The van der Waals surface area contributed by atoms with Gasteiger partial charge in [0.1, 0.15) is 5.41 Å². The van der Waals surface area contributed by atoms with E-state index in [1.165, 1.54) is 5.57 Å². The summed E-state index contributed by atoms with van der Waals surface area (Å²) < 4.78 is 12.2. The van der Waals surface area contributed by atoms with E-state index in [1.807, 2.05) is 0 Å². The molecular weight excluding hydrogens is 444 g/mol. The van der Waals surface area contributed by atoms with Crippen molar-refractivity contribution in [3.05, 3.63) is 11.6 Å². The average Bonchev–Trinajstić information content (AvgIpc) is 2.78. The van der Waals surface area contributed by atoms with Gasteiger partial charge in [0.25, 0.3) is 5.97 Å². The summed E-state index contributed by atoms with van der Waals surface area (Å²) in [5, 5.41) is 32.9. The second-order valence-corrected chi connectivity index (χ2v) is 14.3. The SMILES string of the molecule is C[C@H]1[C@H](C)C[C@@H](O)[C@]2(C(=O)O)CC[C@]3(C)C(=CC[C@@H]4C56COC(O)(OC5)C(C)(C)[C@@H]6CC[C@]43C)[C@H]12. The van der Waals surface area contributed by atoms with Crippen molar-refractivity contribution in [3.63, 3.8) is 0 Å². The minimum Gasteiger partial charge on any atom is -0.481 e. The van der Waals surface area contributed by atoms with Gasteiger partial charge in [-0.25, -0.2) is 0 Å². The largest absolute Gasteiger partial charge is 0.481 e. The standard InChI is InChI=1S/C29H44O6/c1-16-13-21(30)28(23(31)32)12-11-25(5)18(22(28)17(16)2)7-8-20-26(25,6)10-9-19-24(3,4)29(33)34-14-27(19,20)15-35-29/h7,16-17,19-22,30,33H,8-15H2,1-6H3,(H,31,32)/t16-,17+,19+,20+,21-,22+,25-,26-,27?,28-,29?/m1/s1. The van der Waals surface area contributed by atoms with E-state index in [0.717, 1.165) is 25.7 Å². The Bertz CT molecular complexity index is 978. The van der Waals surface area contributed by atoms with E-state index in [2.05, 4.69) is 47.6 Å². The molecule has 6 heteroatoms. The number of aliphatic carboxylic acids is 1. The maximum atomic E-state index is 12.9. The zero-order chi connectivity index (χ0) is 25.4. The molecule has 2 bridgehead atoms. The first-order valence-electron chi connectivity index (χ1n) is 13.8. The van der Waals surface area contributed by atoms with Crippen LogP contribution in [0.25, 0.3) is 0 Å². The Kier molecular flexibility index (Phi) is 4.82. The number of hydrogen-bond donors (Lipinski definition) is 3. The highest BCUT2D eigenvalue weighted by Gasteiger charge is 2.76. The highest BCUT2D eigenvalue weighted by Crippen LogP contribution is 2.76. The Labute approximate surface area is 209 Å². The molecule has 3 N–H and O–H groups in total. The molecule has 4 aliphatic carbocycles. The molecule has 196 valence electrons. The van der Waals surface area contributed by atoms with Crippen LogP contribution in [0.2, 0.25) is 0 Å². The lowest BCUT2D eigenvalue weighted by atomic mass is 9.33. The Balaban J connectivity index is 1.48. The fourth-order valence-corrected chi connectivity index (χ4v) is 10.8. The summed E-state index contributed by atoms with van der Waals surface area (Å²) in [6.07, 6.45) is 6.39. The van der Waals surface area contributed by atoms with Crippen LogP contribution in [0.4, 0.5) is 0 Å². The van der Waals surface area contributed by atoms with E-state index in [4.69, 9.17) is 9.47 Å². The monoisotopic (exact) mass is 488 g/mol. The first-order chi connectivity index (χ1) is 16.2. The molecule has 1 spiro atoms. The number of hydrogen-bond acceptors (Lipinski definition) is 5. The van der Waals surface area contributed by atoms with Crippen LogP contribution in [0.1, 0.15) is 80.1 Å². The molecule has 7 rings (SSSR count). The summed E-state index contributed by atoms with van der Waals surface area (Å²) in [7, 11) is 0. The molecule has 0 aromatic heterocycles. The van der Waals surface area contributed by atoms with Crippen molar-refractivity contribution in [1.82, 2.24) is 0 Å². The van der Waals surface area contributed by atoms with Crippen LogP contribution in [0.15, 0.2) is 11.6 Å². The molecular formula is C29H44O6. The van der Waals surface area contributed by atoms with Gasteiger partial charge in [-0.15, -0.1) is 0 Å². The zero-order valence-corrected chi connectivity index (χ0v) is 22.3. The van der Waals surface area contributed by atoms with Crippen LogP contribution in [0.3, 0.4) is 0 Å². The first kappa shape index (κ1) is 24.4. The van der Waals surface area contributed by atoms with Gasteiger partial charge in [-0.3, -0.25) is 4.79 Å². The molecule has 6 nitrogen and oxygen atoms in total. The van der Waals surface area contributed by atoms with Gasteiger partial charge in [-0.2, -0.15) is 0 Å². The van der Waals surface area contributed by atoms with Gasteiger partial charge in [0, 0.05) is 16.7 Å². The van der Waals surface area contributed by atoms with Crippen molar-refractivity contribution < 1.29 is 29.6 Å². The second kappa shape index (κ2) is 6.92. The fraction of sp³-hybridized carbons (Fsp3) is 0.897. The predicted molar refractivity (Wildman–Crippen MR) is 130 cm³/mol. The van der Waals surface area contributed by atoms with Crippen LogP contribution < -0.4 is 0 Å². The lowest BCUT2D eigenvalue weighted by Gasteiger charge is -2.74. The van der Waals surface area contributed by atoms with E-state index in [-0.39, 0.29) is 34.0 Å². The van der Waals surface area contributed by atoms with Gasteiger partial charge in [0.05, 0.1) is 19.3 Å². The number of carbonyl (C=O) groups is 1. The van der Waals surface area contributed by atoms with Crippen LogP contribution in [-0.4, -0.2) is 46.6 Å². The molecule has 35 heavy (non-hydrogen) atoms. The highest BCUT2D eigenvalue weighted by molar-refractivity contribution is 5.77. The summed E-state index contributed by atoms with van der Waals surface area (Å²) in [5.74, 6) is -1.34. The van der Waals surface area contributed by atoms with Gasteiger partial charge in [-0.1, -0.05) is 53.2 Å². The number of ether oxygens (including phenoxy) is 2. The summed E-state index contributed by atoms with van der Waals surface area (Å²) in [5.41, 5.74) is -0.604. The van der Waals surface area contributed by atoms with Gasteiger partial charge < -0.3 is 24.8 Å². The molecule has 0 amide bonds. The number of fused-ring (bicyclic) bond motifs is 7. The molecule has 0 aromatic rings. The maximum absolute atomic E-state index is 12.9. The Morgan fingerprint density at radius 1 is 1.03 bits per heavy atom. The van der Waals surface area contributed by atoms with Crippen molar-refractivity contribution in [2.45, 2.75) is 92.1 Å². The molecule has 3 saturated heterocycles. The van der Waals surface area contributed by atoms with Crippen molar-refractivity contribution in [1.29, 1.82) is 0 Å². The number of aliphatic hydroxyl groups excluding tert-OH is 1. The molecule has 7 aliphatic rings. The van der Waals surface area contributed by atoms with Crippen LogP contribution >= 0.6 is 0 Å². The maximum Gasteiger partial charge on any atom is 0.312 e. The van der Waals surface area contributed by atoms with Gasteiger partial charge >= 0.3 is 5.97 Å². The molecule has 3 heterocycles. The Morgan fingerprint density at radius 3 is 2.31 bits per heavy atom. The number of carboxylic acids is 1. The lowest BCUT2D eigenvalue weighted by Crippen LogP contribution is -2.76. The molecule has 0 unspecified atom stereocenters. The van der Waals surface area contributed by atoms with Crippen molar-refractivity contribution in [2.75, 3.05) is 13.2 Å². The normalized spacial score (nSPS) is 58.3. The average molecular weight is 489 g/mol. The smallest absolute Gasteiger partial charge is 0.312 e. The molecule has 3 saturated carbocycles. The number of rotatable bonds is 1. The predicted octanol–water partition coefficient (Wildman–Crippen LogP) is 4.59. The minimum absolute atomic E-state index is 0.0286. The van der Waals surface area contributed by atoms with Gasteiger partial charge in [0.15, 0.2) is 0 Å². The molecule has 0 aromatic carbocycles. The van der Waals surface area contributed by atoms with Crippen LogP contribution in [0, 0.1) is 56.7 Å². The van der Waals surface area contributed by atoms with E-state index in [0.29, 0.717) is 37.9 Å². The van der Waals surface area contributed by atoms with Crippen molar-refractivity contribution in [2.24, 2.45) is 56.7 Å². The third kappa shape index (κ3) is 2.49. The Morgan fingerprint density at radius 2 is 1.69 bits per heavy atom. The Hall–Kier alpha value is -0.950. The third-order valence-electron chi connectivity index (χ3n) is 13.3. The van der Waals surface area contributed by atoms with Gasteiger partial charge in [0.2, 0.25) is 0 Å². The highest BCUT2D eigenvalue weighted by atomic mass is 16.8. The van der Waals surface area contributed by atoms with Crippen LogP contribution in [-0.2, 0) is 14.3 Å². The summed E-state index contributed by atoms with van der Waals surface area (Å²) >= 11 is 0. The fourth-order valence-electron chi connectivity index (χ4n) is 10.8. The van der Waals surface area contributed by atoms with E-state index < -0.39 is 28.9 Å². The van der Waals surface area contributed by atoms with Crippen molar-refractivity contribution in [3.8, 4) is 0 Å². The second-order valence-electron chi connectivity index (χ2n) is 14.3. The third-order valence-corrected chi connectivity index (χ3v) is 13.3. The van der Waals surface area contributed by atoms with Gasteiger partial charge in [-0.05, 0) is 73.0 Å². The van der Waals surface area contributed by atoms with Crippen LogP contribution in [0.5, 0.6) is 0 Å². The molecule has 0 radical (unpaired) electrons. The molecule has 6 fully saturated rings. The van der Waals surface area contributed by atoms with E-state index in [1.54, 1.807) is 0 Å². The lowest BCUT2D eigenvalue weighted by molar-refractivity contribution is -0.508. The minimum atomic E-state index is -1.51. The van der Waals surface area contributed by atoms with E-state index in [9.17, 15) is 20.1 Å². The summed E-state index contributed by atoms with van der Waals surface area (Å²) in [6.45, 7) is 14.4. The summed E-state index contributed by atoms with van der Waals surface area (Å²) in [6, 6.07) is 0. The number of aliphatic hydroxyl groups is 2. The number of carboxylic acid groups (broad SMARTS) is 1. The first-order valence-corrected chi connectivity index (χ1v) is 13.8. The quantitative estimate of drug-likeness (QED) is 0.467. The topological polar surface area (TPSA) is 96.2 Å². The molecule has 3 aliphatic heterocycles. The van der Waals surface area contributed by atoms with E-state index >= 15 is 0 Å². The zero-order valence-electron chi connectivity index (χ0n) is 22.3. The molecule has 9 atom stereocenters. The summed E-state index contributed by atoms with van der Waals surface area (Å²) in [4.78, 5) is 12.9. The van der Waals surface area contributed by atoms with Crippen molar-refractivity contribution >= 4 is 5.97 Å².